The molecule has 3 heterocycles. The number of nitrogens with one attached hydrogen (secondary N) is 2. The maximum Gasteiger partial charge on any atom is 0.353 e. The van der Waals surface area contributed by atoms with E-state index in [1.54, 1.807) is 24.3 Å². The third-order valence-corrected chi connectivity index (χ3v) is 5.35. The van der Waals surface area contributed by atoms with Crippen molar-refractivity contribution in [3.8, 4) is 17.2 Å². The molecule has 4 N–H and O–H groups in total. The lowest BCUT2D eigenvalue weighted by atomic mass is 10.2. The third kappa shape index (κ3) is 4.48. The highest BCUT2D eigenvalue weighted by atomic mass is 35.5. The number of hydrogen-bond acceptors (Lipinski definition) is 5. The summed E-state index contributed by atoms with van der Waals surface area (Å²) in [4.78, 5) is 28.2. The summed E-state index contributed by atoms with van der Waals surface area (Å²) >= 11 is 0. The lowest BCUT2D eigenvalue weighted by Crippen LogP contribution is -3.00. The normalized spacial score (nSPS) is 12.6. The molecule has 0 aliphatic carbocycles. The highest BCUT2D eigenvalue weighted by molar-refractivity contribution is 5.48. The number of allylic oxidation sites excluding steroid dienone is 1. The Morgan fingerprint density at radius 1 is 1.15 bits per heavy atom. The molecular formula is C23H23ClN6O4. The SMILES string of the molecule is C/C(=C/c1c[n+](Cc2ccc3c(c2)OCO3)c(N)[nH]1)Cn1[nH]c(=O)n(-c2ccccc2)c1=O.[Cl-]. The zero-order valence-corrected chi connectivity index (χ0v) is 19.1. The number of ether oxygens (including phenoxy) is 2. The molecule has 0 atom stereocenters. The van der Waals surface area contributed by atoms with Crippen molar-refractivity contribution in [2.24, 2.45) is 0 Å². The van der Waals surface area contributed by atoms with Crippen LogP contribution in [0.3, 0.4) is 0 Å². The van der Waals surface area contributed by atoms with Crippen LogP contribution < -0.4 is 43.6 Å². The summed E-state index contributed by atoms with van der Waals surface area (Å²) < 4.78 is 15.1. The molecule has 176 valence electrons. The Labute approximate surface area is 200 Å². The summed E-state index contributed by atoms with van der Waals surface area (Å²) in [6.07, 6.45) is 3.78. The number of fused-ring (bicyclic) bond motifs is 1. The van der Waals surface area contributed by atoms with Crippen molar-refractivity contribution in [1.29, 1.82) is 0 Å². The Kier molecular flexibility index (Phi) is 6.33. The number of nitrogens with zero attached hydrogens (tertiary/aromatic N) is 3. The molecule has 0 spiro atoms. The first-order chi connectivity index (χ1) is 16.0. The Bertz CT molecular complexity index is 1460. The van der Waals surface area contributed by atoms with Crippen LogP contribution in [0.5, 0.6) is 11.5 Å². The zero-order chi connectivity index (χ0) is 22.9. The number of nitrogens with two attached hydrogens (primary N) is 1. The molecule has 0 saturated carbocycles. The Hall–Kier alpha value is -4.18. The molecule has 4 aromatic rings. The van der Waals surface area contributed by atoms with Gasteiger partial charge in [0.1, 0.15) is 11.9 Å². The van der Waals surface area contributed by atoms with E-state index in [-0.39, 0.29) is 25.7 Å². The zero-order valence-electron chi connectivity index (χ0n) is 18.3. The topological polar surface area (TPSA) is 124 Å². The second-order valence-electron chi connectivity index (χ2n) is 7.86. The lowest BCUT2D eigenvalue weighted by molar-refractivity contribution is -0.672. The summed E-state index contributed by atoms with van der Waals surface area (Å²) in [5.74, 6) is 1.95. The van der Waals surface area contributed by atoms with Crippen LogP contribution in [0.1, 0.15) is 18.2 Å². The second-order valence-corrected chi connectivity index (χ2v) is 7.86. The molecule has 2 aromatic heterocycles. The van der Waals surface area contributed by atoms with Crippen LogP contribution in [0.15, 0.2) is 69.9 Å². The van der Waals surface area contributed by atoms with Crippen molar-refractivity contribution in [3.05, 3.63) is 92.5 Å². The molecule has 0 saturated heterocycles. The number of aromatic amines is 2. The van der Waals surface area contributed by atoms with Gasteiger partial charge < -0.3 is 21.9 Å². The van der Waals surface area contributed by atoms with Crippen molar-refractivity contribution < 1.29 is 26.4 Å². The average Bonchev–Trinajstić information content (AvgIpc) is 3.46. The minimum atomic E-state index is -0.482. The van der Waals surface area contributed by atoms with E-state index in [4.69, 9.17) is 15.2 Å². The van der Waals surface area contributed by atoms with E-state index in [1.807, 2.05) is 48.0 Å². The molecule has 5 rings (SSSR count). The van der Waals surface area contributed by atoms with Gasteiger partial charge in [-0.2, -0.15) is 0 Å². The van der Waals surface area contributed by atoms with Gasteiger partial charge in [-0.15, -0.1) is 0 Å². The Morgan fingerprint density at radius 3 is 2.71 bits per heavy atom. The molecule has 1 aliphatic heterocycles. The van der Waals surface area contributed by atoms with Gasteiger partial charge in [0.2, 0.25) is 6.79 Å². The van der Waals surface area contributed by atoms with Gasteiger partial charge in [-0.25, -0.2) is 33.5 Å². The molecule has 34 heavy (non-hydrogen) atoms. The number of anilines is 1. The van der Waals surface area contributed by atoms with E-state index in [0.29, 0.717) is 18.2 Å². The van der Waals surface area contributed by atoms with E-state index >= 15 is 0 Å². The van der Waals surface area contributed by atoms with Crippen LogP contribution in [-0.2, 0) is 13.1 Å². The van der Waals surface area contributed by atoms with Gasteiger partial charge in [0.25, 0.3) is 0 Å². The van der Waals surface area contributed by atoms with Crippen LogP contribution in [0.2, 0.25) is 0 Å². The Morgan fingerprint density at radius 2 is 1.91 bits per heavy atom. The minimum absolute atomic E-state index is 0. The van der Waals surface area contributed by atoms with Crippen molar-refractivity contribution in [3.63, 3.8) is 0 Å². The fourth-order valence-electron chi connectivity index (χ4n) is 3.82. The number of hydrogen-bond donors (Lipinski definition) is 3. The molecular weight excluding hydrogens is 460 g/mol. The van der Waals surface area contributed by atoms with Gasteiger partial charge in [-0.3, -0.25) is 5.73 Å². The van der Waals surface area contributed by atoms with Gasteiger partial charge >= 0.3 is 17.3 Å². The van der Waals surface area contributed by atoms with Crippen LogP contribution in [0, 0.1) is 0 Å². The molecule has 1 aliphatic rings. The Balaban J connectivity index is 0.00000274. The number of halogens is 1. The molecule has 0 radical (unpaired) electrons. The van der Waals surface area contributed by atoms with Crippen molar-refractivity contribution in [2.75, 3.05) is 12.5 Å². The van der Waals surface area contributed by atoms with Crippen molar-refractivity contribution >= 4 is 12.0 Å². The predicted octanol–water partition coefficient (Wildman–Crippen LogP) is -1.59. The molecule has 11 heteroatoms. The largest absolute Gasteiger partial charge is 1.00 e. The number of benzene rings is 2. The van der Waals surface area contributed by atoms with Crippen LogP contribution in [0.4, 0.5) is 5.95 Å². The fourth-order valence-corrected chi connectivity index (χ4v) is 3.82. The monoisotopic (exact) mass is 482 g/mol. The van der Waals surface area contributed by atoms with Crippen LogP contribution in [0.25, 0.3) is 11.8 Å². The summed E-state index contributed by atoms with van der Waals surface area (Å²) in [5.41, 5.74) is 8.43. The number of nitrogen functional groups attached to an aromatic ring is 1. The number of para-hydroxylation sites is 1. The maximum atomic E-state index is 12.7. The maximum absolute atomic E-state index is 12.7. The van der Waals surface area contributed by atoms with Crippen LogP contribution in [-0.4, -0.2) is 26.1 Å². The predicted molar refractivity (Wildman–Crippen MR) is 121 cm³/mol. The number of H-pyrrole nitrogens is 2. The van der Waals surface area contributed by atoms with Gasteiger partial charge in [-0.1, -0.05) is 24.3 Å². The first-order valence-electron chi connectivity index (χ1n) is 10.4. The van der Waals surface area contributed by atoms with Crippen molar-refractivity contribution in [1.82, 2.24) is 19.3 Å². The number of imidazole rings is 1. The molecule has 0 bridgehead atoms. The summed E-state index contributed by atoms with van der Waals surface area (Å²) in [6, 6.07) is 14.6. The van der Waals surface area contributed by atoms with E-state index in [9.17, 15) is 9.59 Å². The minimum Gasteiger partial charge on any atom is -1.00 e. The number of rotatable bonds is 6. The van der Waals surface area contributed by atoms with E-state index in [0.717, 1.165) is 32.9 Å². The van der Waals surface area contributed by atoms with Gasteiger partial charge in [0.15, 0.2) is 11.5 Å². The van der Waals surface area contributed by atoms with Gasteiger partial charge in [-0.05, 0) is 48.4 Å². The lowest BCUT2D eigenvalue weighted by Gasteiger charge is -2.02. The van der Waals surface area contributed by atoms with Gasteiger partial charge in [0, 0.05) is 0 Å². The van der Waals surface area contributed by atoms with E-state index in [2.05, 4.69) is 10.1 Å². The standard InChI is InChI=1S/C23H22N6O4.ClH/c1-15(11-28-23(31)29(22(30)26-28)18-5-3-2-4-6-18)9-17-13-27(21(24)25-17)12-16-7-8-19-20(10-16)33-14-32-19;/h2-10,13H,11-12,14H2,1H3,(H3,24,25,26,30);1H/b15-9-;. The first kappa shape index (κ1) is 23.0. The highest BCUT2D eigenvalue weighted by Crippen LogP contribution is 2.32. The van der Waals surface area contributed by atoms with Crippen LogP contribution >= 0.6 is 0 Å². The quantitative estimate of drug-likeness (QED) is 0.286. The first-order valence-corrected chi connectivity index (χ1v) is 10.4. The highest BCUT2D eigenvalue weighted by Gasteiger charge is 2.16. The van der Waals surface area contributed by atoms with Gasteiger partial charge in [0.05, 0.1) is 18.8 Å². The van der Waals surface area contributed by atoms with E-state index < -0.39 is 11.4 Å². The molecule has 0 fully saturated rings. The second kappa shape index (κ2) is 9.36. The fraction of sp³-hybridized carbons (Fsp3) is 0.174. The van der Waals surface area contributed by atoms with Crippen molar-refractivity contribution in [2.45, 2.75) is 20.0 Å². The molecule has 0 amide bonds. The summed E-state index contributed by atoms with van der Waals surface area (Å²) in [5, 5.41) is 2.61. The number of aromatic nitrogens is 5. The molecule has 10 nitrogen and oxygen atoms in total. The third-order valence-electron chi connectivity index (χ3n) is 5.35. The van der Waals surface area contributed by atoms with E-state index in [1.165, 1.54) is 4.68 Å². The smallest absolute Gasteiger partial charge is 0.353 e. The molecule has 2 aromatic carbocycles. The summed E-state index contributed by atoms with van der Waals surface area (Å²) in [6.45, 7) is 2.90. The molecule has 0 unspecified atom stereocenters. The average molecular weight is 483 g/mol. The summed E-state index contributed by atoms with van der Waals surface area (Å²) in [7, 11) is 0.